The fourth-order valence-corrected chi connectivity index (χ4v) is 5.43. The second-order valence-electron chi connectivity index (χ2n) is 13.8. The molecule has 0 amide bonds. The molecule has 0 spiro atoms. The molecule has 55 heavy (non-hydrogen) atoms. The Hall–Kier alpha value is -3.67. The summed E-state index contributed by atoms with van der Waals surface area (Å²) >= 11 is 0. The van der Waals surface area contributed by atoms with Gasteiger partial charge in [-0.05, 0) is 89.9 Å². The number of rotatable bonds is 37. The van der Waals surface area contributed by atoms with Crippen LogP contribution in [0.1, 0.15) is 175 Å². The fraction of sp³-hybridized carbons (Fsp3) is 0.612. The Morgan fingerprint density at radius 1 is 0.382 bits per heavy atom. The van der Waals surface area contributed by atoms with Gasteiger partial charge < -0.3 is 14.2 Å². The summed E-state index contributed by atoms with van der Waals surface area (Å²) in [6.07, 6.45) is 55.7. The van der Waals surface area contributed by atoms with Crippen LogP contribution in [0, 0.1) is 0 Å². The highest BCUT2D eigenvalue weighted by molar-refractivity contribution is 5.72. The monoisotopic (exact) mass is 763 g/mol. The predicted molar refractivity (Wildman–Crippen MR) is 233 cm³/mol. The summed E-state index contributed by atoms with van der Waals surface area (Å²) in [6, 6.07) is 0. The second-order valence-corrected chi connectivity index (χ2v) is 13.8. The largest absolute Gasteiger partial charge is 0.462 e. The van der Waals surface area contributed by atoms with Crippen LogP contribution < -0.4 is 0 Å². The minimum absolute atomic E-state index is 0.119. The number of ether oxygens (including phenoxy) is 3. The molecule has 6 nitrogen and oxygen atoms in total. The van der Waals surface area contributed by atoms with E-state index in [9.17, 15) is 14.4 Å². The number of esters is 3. The van der Waals surface area contributed by atoms with E-state index in [1.165, 1.54) is 12.8 Å². The van der Waals surface area contributed by atoms with Gasteiger partial charge in [-0.2, -0.15) is 0 Å². The Balaban J connectivity index is 4.47. The lowest BCUT2D eigenvalue weighted by atomic mass is 10.1. The van der Waals surface area contributed by atoms with E-state index in [1.54, 1.807) is 6.08 Å². The summed E-state index contributed by atoms with van der Waals surface area (Å²) < 4.78 is 16.5. The van der Waals surface area contributed by atoms with Crippen molar-refractivity contribution in [2.45, 2.75) is 181 Å². The quantitative estimate of drug-likeness (QED) is 0.0271. The summed E-state index contributed by atoms with van der Waals surface area (Å²) in [7, 11) is 0. The van der Waals surface area contributed by atoms with Gasteiger partial charge in [0.25, 0.3) is 0 Å². The number of unbranched alkanes of at least 4 members (excludes halogenated alkanes) is 11. The molecule has 0 aliphatic rings. The Labute approximate surface area is 337 Å². The first-order valence-electron chi connectivity index (χ1n) is 21.7. The van der Waals surface area contributed by atoms with Gasteiger partial charge in [-0.3, -0.25) is 14.4 Å². The van der Waals surface area contributed by atoms with Crippen molar-refractivity contribution >= 4 is 17.9 Å². The van der Waals surface area contributed by atoms with Crippen molar-refractivity contribution in [3.63, 3.8) is 0 Å². The molecule has 0 bridgehead atoms. The normalized spacial score (nSPS) is 13.0. The molecule has 0 radical (unpaired) electrons. The van der Waals surface area contributed by atoms with Gasteiger partial charge in [0.05, 0.1) is 6.42 Å². The lowest BCUT2D eigenvalue weighted by Gasteiger charge is -2.18. The highest BCUT2D eigenvalue weighted by Gasteiger charge is 2.19. The van der Waals surface area contributed by atoms with Crippen LogP contribution in [0.15, 0.2) is 97.2 Å². The standard InChI is InChI=1S/C49H78O6/c1-4-7-10-13-16-19-21-23-24-25-26-28-30-33-36-39-42-48(51)54-45-46(44-53-47(50)41-38-35-32-29-18-15-12-9-6-3)55-49(52)43-40-37-34-31-27-22-20-17-14-11-8-5-2/h7-12,16-20,23-24,29,35,38,46H,4-6,13-15,21-22,25-28,30-34,36-37,39-45H2,1-3H3/b10-7-,11-8-,12-9-,19-16-,20-17-,24-23-,29-18-,38-35-. The summed E-state index contributed by atoms with van der Waals surface area (Å²) in [5.74, 6) is -1.09. The van der Waals surface area contributed by atoms with E-state index < -0.39 is 12.1 Å². The third-order valence-corrected chi connectivity index (χ3v) is 8.60. The van der Waals surface area contributed by atoms with Crippen molar-refractivity contribution in [3.8, 4) is 0 Å². The zero-order valence-electron chi connectivity index (χ0n) is 35.1. The predicted octanol–water partition coefficient (Wildman–Crippen LogP) is 13.9. The highest BCUT2D eigenvalue weighted by atomic mass is 16.6. The minimum Gasteiger partial charge on any atom is -0.462 e. The molecule has 0 heterocycles. The molecule has 0 N–H and O–H groups in total. The zero-order valence-corrected chi connectivity index (χ0v) is 35.1. The SMILES string of the molecule is CC/C=C\C/C=C\C/C=C\CCCCCCCCC(=O)OCC(COC(=O)C/C=C\C/C=C\C/C=C\CC)OC(=O)CCCCCCC/C=C\C/C=C\CC. The molecular formula is C49H78O6. The molecule has 0 saturated carbocycles. The molecule has 0 saturated heterocycles. The number of hydrogen-bond donors (Lipinski definition) is 0. The van der Waals surface area contributed by atoms with Gasteiger partial charge in [-0.1, -0.05) is 163 Å². The maximum Gasteiger partial charge on any atom is 0.309 e. The summed E-state index contributed by atoms with van der Waals surface area (Å²) in [5.41, 5.74) is 0. The van der Waals surface area contributed by atoms with Gasteiger partial charge >= 0.3 is 17.9 Å². The Kier molecular flexibility index (Phi) is 40.2. The molecular weight excluding hydrogens is 685 g/mol. The summed E-state index contributed by atoms with van der Waals surface area (Å²) in [6.45, 7) is 6.14. The number of carbonyl (C=O) groups is 3. The molecule has 0 aromatic heterocycles. The van der Waals surface area contributed by atoms with Gasteiger partial charge in [0, 0.05) is 12.8 Å². The van der Waals surface area contributed by atoms with Crippen molar-refractivity contribution in [1.82, 2.24) is 0 Å². The third kappa shape index (κ3) is 41.3. The lowest BCUT2D eigenvalue weighted by molar-refractivity contribution is -0.166. The summed E-state index contributed by atoms with van der Waals surface area (Å²) in [4.78, 5) is 37.6. The van der Waals surface area contributed by atoms with Gasteiger partial charge in [0.2, 0.25) is 0 Å². The van der Waals surface area contributed by atoms with Crippen LogP contribution >= 0.6 is 0 Å². The molecule has 0 aromatic carbocycles. The minimum atomic E-state index is -0.824. The second kappa shape index (κ2) is 43.1. The average Bonchev–Trinajstić information content (AvgIpc) is 3.18. The van der Waals surface area contributed by atoms with E-state index in [4.69, 9.17) is 14.2 Å². The molecule has 0 aliphatic carbocycles. The molecule has 0 rings (SSSR count). The van der Waals surface area contributed by atoms with E-state index in [1.807, 2.05) is 6.08 Å². The van der Waals surface area contributed by atoms with E-state index >= 15 is 0 Å². The number of hydrogen-bond acceptors (Lipinski definition) is 6. The fourth-order valence-electron chi connectivity index (χ4n) is 5.43. The third-order valence-electron chi connectivity index (χ3n) is 8.60. The summed E-state index contributed by atoms with van der Waals surface area (Å²) in [5, 5.41) is 0. The average molecular weight is 763 g/mol. The smallest absolute Gasteiger partial charge is 0.309 e. The van der Waals surface area contributed by atoms with E-state index in [2.05, 4.69) is 106 Å². The van der Waals surface area contributed by atoms with Crippen LogP contribution in [-0.2, 0) is 28.6 Å². The maximum atomic E-state index is 12.7. The maximum absolute atomic E-state index is 12.7. The molecule has 0 fully saturated rings. The Morgan fingerprint density at radius 3 is 1.18 bits per heavy atom. The molecule has 310 valence electrons. The Bertz CT molecular complexity index is 1150. The highest BCUT2D eigenvalue weighted by Crippen LogP contribution is 2.12. The number of carbonyl (C=O) groups excluding carboxylic acids is 3. The van der Waals surface area contributed by atoms with Crippen molar-refractivity contribution in [1.29, 1.82) is 0 Å². The molecule has 0 aromatic rings. The van der Waals surface area contributed by atoms with Crippen LogP contribution in [-0.4, -0.2) is 37.2 Å². The van der Waals surface area contributed by atoms with Crippen molar-refractivity contribution < 1.29 is 28.6 Å². The lowest BCUT2D eigenvalue weighted by Crippen LogP contribution is -2.30. The van der Waals surface area contributed by atoms with Crippen LogP contribution in [0.5, 0.6) is 0 Å². The Morgan fingerprint density at radius 2 is 0.727 bits per heavy atom. The molecule has 0 aliphatic heterocycles. The van der Waals surface area contributed by atoms with Crippen molar-refractivity contribution in [3.05, 3.63) is 97.2 Å². The van der Waals surface area contributed by atoms with Gasteiger partial charge in [0.15, 0.2) is 6.10 Å². The number of allylic oxidation sites excluding steroid dienone is 15. The van der Waals surface area contributed by atoms with Crippen molar-refractivity contribution in [2.75, 3.05) is 13.2 Å². The van der Waals surface area contributed by atoms with E-state index in [0.717, 1.165) is 122 Å². The molecule has 1 atom stereocenters. The molecule has 6 heteroatoms. The van der Waals surface area contributed by atoms with Crippen LogP contribution in [0.2, 0.25) is 0 Å². The first-order chi connectivity index (χ1) is 27.0. The van der Waals surface area contributed by atoms with Crippen LogP contribution in [0.25, 0.3) is 0 Å². The van der Waals surface area contributed by atoms with Gasteiger partial charge in [-0.25, -0.2) is 0 Å². The van der Waals surface area contributed by atoms with E-state index in [-0.39, 0.29) is 38.0 Å². The van der Waals surface area contributed by atoms with Gasteiger partial charge in [0.1, 0.15) is 13.2 Å². The van der Waals surface area contributed by atoms with Crippen LogP contribution in [0.3, 0.4) is 0 Å². The van der Waals surface area contributed by atoms with E-state index in [0.29, 0.717) is 6.42 Å². The first-order valence-corrected chi connectivity index (χ1v) is 21.7. The topological polar surface area (TPSA) is 78.9 Å². The zero-order chi connectivity index (χ0) is 40.1. The van der Waals surface area contributed by atoms with Gasteiger partial charge in [-0.15, -0.1) is 0 Å². The molecule has 1 unspecified atom stereocenters. The van der Waals surface area contributed by atoms with Crippen molar-refractivity contribution in [2.24, 2.45) is 0 Å². The first kappa shape index (κ1) is 51.3. The van der Waals surface area contributed by atoms with Crippen LogP contribution in [0.4, 0.5) is 0 Å².